The van der Waals surface area contributed by atoms with E-state index in [1.54, 1.807) is 6.07 Å². The third-order valence-corrected chi connectivity index (χ3v) is 5.82. The van der Waals surface area contributed by atoms with Gasteiger partial charge in [-0.3, -0.25) is 4.79 Å². The molecule has 0 saturated heterocycles. The lowest BCUT2D eigenvalue weighted by atomic mass is 10.1. The lowest BCUT2D eigenvalue weighted by Gasteiger charge is -2.14. The van der Waals surface area contributed by atoms with E-state index in [2.05, 4.69) is 15.6 Å². The predicted octanol–water partition coefficient (Wildman–Crippen LogP) is 3.94. The Bertz CT molecular complexity index is 1460. The molecule has 0 aliphatic carbocycles. The fraction of sp³-hybridized carbons (Fsp3) is 0.143. The normalized spacial score (nSPS) is 12.0. The van der Waals surface area contributed by atoms with Crippen LogP contribution in [0.5, 0.6) is 0 Å². The minimum absolute atomic E-state index is 0.0571. The number of pyridine rings is 1. The molecular weight excluding hydrogens is 438 g/mol. The van der Waals surface area contributed by atoms with E-state index < -0.39 is 6.10 Å². The number of nitrogens with zero attached hydrogens (tertiary/aromatic N) is 2. The molecule has 0 bridgehead atoms. The number of para-hydroxylation sites is 2. The molecule has 176 valence electrons. The van der Waals surface area contributed by atoms with E-state index in [-0.39, 0.29) is 5.43 Å². The molecule has 0 aliphatic heterocycles. The second-order valence-electron chi connectivity index (χ2n) is 8.41. The Labute approximate surface area is 203 Å². The Morgan fingerprint density at radius 1 is 0.914 bits per heavy atom. The molecule has 2 aromatic heterocycles. The molecule has 5 rings (SSSR count). The standard InChI is InChI=1S/C28H27N5O2/c34-23(18-30-27-15-26(35)24-13-7-8-14-25(24)31-27)17-29-16-21-19-33(22-11-5-2-6-12-22)32-28(21)20-9-3-1-4-10-20/h1-15,19,23,29,34H,16-18H2,(H2,30,31,35). The lowest BCUT2D eigenvalue weighted by Crippen LogP contribution is -2.32. The van der Waals surface area contributed by atoms with Gasteiger partial charge in [0.2, 0.25) is 0 Å². The van der Waals surface area contributed by atoms with Crippen LogP contribution in [0.15, 0.2) is 102 Å². The zero-order valence-electron chi connectivity index (χ0n) is 19.2. The highest BCUT2D eigenvalue weighted by Gasteiger charge is 2.13. The number of nitrogens with one attached hydrogen (secondary N) is 3. The highest BCUT2D eigenvalue weighted by atomic mass is 16.3. The van der Waals surface area contributed by atoms with Gasteiger partial charge >= 0.3 is 0 Å². The van der Waals surface area contributed by atoms with Crippen molar-refractivity contribution in [2.24, 2.45) is 0 Å². The summed E-state index contributed by atoms with van der Waals surface area (Å²) in [6, 6.07) is 29.0. The molecule has 1 atom stereocenters. The quantitative estimate of drug-likeness (QED) is 0.265. The summed E-state index contributed by atoms with van der Waals surface area (Å²) in [4.78, 5) is 15.5. The Morgan fingerprint density at radius 3 is 2.43 bits per heavy atom. The van der Waals surface area contributed by atoms with Crippen molar-refractivity contribution >= 4 is 16.7 Å². The Morgan fingerprint density at radius 2 is 1.63 bits per heavy atom. The molecule has 5 aromatic rings. The summed E-state index contributed by atoms with van der Waals surface area (Å²) in [5.74, 6) is 0.586. The van der Waals surface area contributed by atoms with Crippen molar-refractivity contribution in [1.82, 2.24) is 20.1 Å². The van der Waals surface area contributed by atoms with Gasteiger partial charge < -0.3 is 20.7 Å². The van der Waals surface area contributed by atoms with Gasteiger partial charge in [0, 0.05) is 48.4 Å². The fourth-order valence-electron chi connectivity index (χ4n) is 4.06. The van der Waals surface area contributed by atoms with Crippen LogP contribution in [0.4, 0.5) is 5.82 Å². The van der Waals surface area contributed by atoms with Crippen molar-refractivity contribution in [3.8, 4) is 16.9 Å². The van der Waals surface area contributed by atoms with Crippen molar-refractivity contribution in [2.75, 3.05) is 18.4 Å². The second-order valence-corrected chi connectivity index (χ2v) is 8.41. The van der Waals surface area contributed by atoms with Crippen LogP contribution in [0.3, 0.4) is 0 Å². The average Bonchev–Trinajstić information content (AvgIpc) is 3.33. The number of fused-ring (bicyclic) bond motifs is 1. The minimum atomic E-state index is -0.644. The number of anilines is 1. The van der Waals surface area contributed by atoms with Crippen LogP contribution in [0.2, 0.25) is 0 Å². The van der Waals surface area contributed by atoms with Crippen LogP contribution in [0, 0.1) is 0 Å². The molecule has 0 radical (unpaired) electrons. The third-order valence-electron chi connectivity index (χ3n) is 5.82. The smallest absolute Gasteiger partial charge is 0.191 e. The van der Waals surface area contributed by atoms with Crippen LogP contribution >= 0.6 is 0 Å². The van der Waals surface area contributed by atoms with Crippen molar-refractivity contribution < 1.29 is 5.11 Å². The maximum absolute atomic E-state index is 12.3. The Balaban J connectivity index is 1.23. The number of hydrogen-bond donors (Lipinski definition) is 4. The molecule has 4 N–H and O–H groups in total. The summed E-state index contributed by atoms with van der Waals surface area (Å²) in [5, 5.41) is 22.4. The summed E-state index contributed by atoms with van der Waals surface area (Å²) in [6.45, 7) is 1.24. The van der Waals surface area contributed by atoms with Gasteiger partial charge in [-0.05, 0) is 24.3 Å². The van der Waals surface area contributed by atoms with Crippen molar-refractivity contribution in [2.45, 2.75) is 12.6 Å². The van der Waals surface area contributed by atoms with Gasteiger partial charge in [0.25, 0.3) is 0 Å². The van der Waals surface area contributed by atoms with E-state index in [1.165, 1.54) is 6.07 Å². The molecule has 0 saturated carbocycles. The van der Waals surface area contributed by atoms with Gasteiger partial charge in [-0.15, -0.1) is 0 Å². The van der Waals surface area contributed by atoms with Crippen LogP contribution in [0.1, 0.15) is 5.56 Å². The van der Waals surface area contributed by atoms with E-state index in [1.807, 2.05) is 89.7 Å². The highest BCUT2D eigenvalue weighted by Crippen LogP contribution is 2.23. The fourth-order valence-corrected chi connectivity index (χ4v) is 4.06. The summed E-state index contributed by atoms with van der Waals surface area (Å²) in [6.07, 6.45) is 1.38. The number of aromatic amines is 1. The van der Waals surface area contributed by atoms with Crippen molar-refractivity contribution in [1.29, 1.82) is 0 Å². The zero-order valence-corrected chi connectivity index (χ0v) is 19.2. The molecule has 0 amide bonds. The lowest BCUT2D eigenvalue weighted by molar-refractivity contribution is 0.184. The number of rotatable bonds is 9. The van der Waals surface area contributed by atoms with Crippen LogP contribution in [-0.4, -0.2) is 39.1 Å². The first-order chi connectivity index (χ1) is 17.2. The van der Waals surface area contributed by atoms with E-state index in [0.717, 1.165) is 28.0 Å². The molecular formula is C28H27N5O2. The number of aliphatic hydroxyl groups excluding tert-OH is 1. The van der Waals surface area contributed by atoms with Gasteiger partial charge in [-0.25, -0.2) is 4.68 Å². The third kappa shape index (κ3) is 5.32. The summed E-state index contributed by atoms with van der Waals surface area (Å²) < 4.78 is 1.88. The van der Waals surface area contributed by atoms with Gasteiger partial charge in [-0.2, -0.15) is 5.10 Å². The number of H-pyrrole nitrogens is 1. The van der Waals surface area contributed by atoms with E-state index in [0.29, 0.717) is 30.8 Å². The Kier molecular flexibility index (Phi) is 6.70. The second kappa shape index (κ2) is 10.4. The first-order valence-corrected chi connectivity index (χ1v) is 11.6. The molecule has 0 spiro atoms. The molecule has 3 aromatic carbocycles. The summed E-state index contributed by atoms with van der Waals surface area (Å²) >= 11 is 0. The number of aromatic nitrogens is 3. The highest BCUT2D eigenvalue weighted by molar-refractivity contribution is 5.79. The molecule has 35 heavy (non-hydrogen) atoms. The number of aliphatic hydroxyl groups is 1. The van der Waals surface area contributed by atoms with E-state index in [9.17, 15) is 9.90 Å². The number of hydrogen-bond acceptors (Lipinski definition) is 5. The van der Waals surface area contributed by atoms with Gasteiger partial charge in [-0.1, -0.05) is 60.7 Å². The van der Waals surface area contributed by atoms with Crippen molar-refractivity contribution in [3.63, 3.8) is 0 Å². The van der Waals surface area contributed by atoms with Crippen molar-refractivity contribution in [3.05, 3.63) is 113 Å². The summed E-state index contributed by atoms with van der Waals surface area (Å²) in [7, 11) is 0. The topological polar surface area (TPSA) is 95.0 Å². The minimum Gasteiger partial charge on any atom is -0.390 e. The molecule has 0 fully saturated rings. The Hall–Kier alpha value is -4.20. The largest absolute Gasteiger partial charge is 0.390 e. The maximum atomic E-state index is 12.3. The molecule has 7 heteroatoms. The van der Waals surface area contributed by atoms with Gasteiger partial charge in [0.1, 0.15) is 5.82 Å². The van der Waals surface area contributed by atoms with Gasteiger partial charge in [0.15, 0.2) is 5.43 Å². The molecule has 7 nitrogen and oxygen atoms in total. The van der Waals surface area contributed by atoms with E-state index in [4.69, 9.17) is 5.10 Å². The van der Waals surface area contributed by atoms with Crippen LogP contribution < -0.4 is 16.1 Å². The van der Waals surface area contributed by atoms with E-state index >= 15 is 0 Å². The molecule has 2 heterocycles. The average molecular weight is 466 g/mol. The molecule has 0 aliphatic rings. The molecule has 1 unspecified atom stereocenters. The van der Waals surface area contributed by atoms with Gasteiger partial charge in [0.05, 0.1) is 23.0 Å². The first-order valence-electron chi connectivity index (χ1n) is 11.6. The first kappa shape index (κ1) is 22.6. The zero-order chi connectivity index (χ0) is 24.0. The SMILES string of the molecule is O=c1cc(NCC(O)CNCc2cn(-c3ccccc3)nc2-c2ccccc2)[nH]c2ccccc12. The monoisotopic (exact) mass is 465 g/mol. The number of benzene rings is 3. The maximum Gasteiger partial charge on any atom is 0.191 e. The van der Waals surface area contributed by atoms with Crippen LogP contribution in [-0.2, 0) is 6.54 Å². The van der Waals surface area contributed by atoms with Crippen LogP contribution in [0.25, 0.3) is 27.8 Å². The predicted molar refractivity (Wildman–Crippen MR) is 140 cm³/mol. The summed E-state index contributed by atoms with van der Waals surface area (Å²) in [5.41, 5.74) is 4.69.